The SMILES string of the molecule is Fc1ccc(F)c(CNCc2cn3ccccc3n2)c1. The van der Waals surface area contributed by atoms with Gasteiger partial charge in [-0.3, -0.25) is 0 Å². The molecule has 0 radical (unpaired) electrons. The summed E-state index contributed by atoms with van der Waals surface area (Å²) in [4.78, 5) is 4.42. The van der Waals surface area contributed by atoms with E-state index in [-0.39, 0.29) is 6.54 Å². The number of nitrogens with zero attached hydrogens (tertiary/aromatic N) is 2. The van der Waals surface area contributed by atoms with E-state index in [9.17, 15) is 8.78 Å². The first-order valence-corrected chi connectivity index (χ1v) is 6.29. The summed E-state index contributed by atoms with van der Waals surface area (Å²) in [7, 11) is 0. The standard InChI is InChI=1S/C15H13F2N3/c16-12-4-5-14(17)11(7-12)8-18-9-13-10-20-6-2-1-3-15(20)19-13/h1-7,10,18H,8-9H2. The van der Waals surface area contributed by atoms with Gasteiger partial charge in [-0.05, 0) is 30.3 Å². The molecule has 102 valence electrons. The third-order valence-electron chi connectivity index (χ3n) is 3.04. The van der Waals surface area contributed by atoms with E-state index in [0.29, 0.717) is 12.1 Å². The lowest BCUT2D eigenvalue weighted by Crippen LogP contribution is -2.14. The molecule has 3 rings (SSSR count). The monoisotopic (exact) mass is 273 g/mol. The molecular weight excluding hydrogens is 260 g/mol. The van der Waals surface area contributed by atoms with Gasteiger partial charge in [0.15, 0.2) is 0 Å². The Kier molecular flexibility index (Phi) is 3.43. The summed E-state index contributed by atoms with van der Waals surface area (Å²) in [5.74, 6) is -0.843. The van der Waals surface area contributed by atoms with Gasteiger partial charge in [-0.1, -0.05) is 6.07 Å². The highest BCUT2D eigenvalue weighted by molar-refractivity contribution is 5.39. The normalized spacial score (nSPS) is 11.1. The molecule has 0 aliphatic heterocycles. The van der Waals surface area contributed by atoms with Crippen molar-refractivity contribution in [2.45, 2.75) is 13.1 Å². The van der Waals surface area contributed by atoms with Crippen LogP contribution in [0.5, 0.6) is 0 Å². The zero-order valence-corrected chi connectivity index (χ0v) is 10.7. The van der Waals surface area contributed by atoms with E-state index in [1.165, 1.54) is 6.07 Å². The molecule has 1 aromatic carbocycles. The number of halogens is 2. The van der Waals surface area contributed by atoms with Crippen molar-refractivity contribution in [2.75, 3.05) is 0 Å². The third-order valence-corrected chi connectivity index (χ3v) is 3.04. The maximum Gasteiger partial charge on any atom is 0.137 e. The Labute approximate surface area is 114 Å². The number of pyridine rings is 1. The van der Waals surface area contributed by atoms with Crippen molar-refractivity contribution in [3.05, 3.63) is 71.7 Å². The first-order chi connectivity index (χ1) is 9.72. The van der Waals surface area contributed by atoms with Crippen molar-refractivity contribution in [1.29, 1.82) is 0 Å². The van der Waals surface area contributed by atoms with Crippen LogP contribution in [-0.4, -0.2) is 9.38 Å². The van der Waals surface area contributed by atoms with Crippen LogP contribution in [0.4, 0.5) is 8.78 Å². The largest absolute Gasteiger partial charge is 0.307 e. The number of imidazole rings is 1. The molecule has 2 heterocycles. The number of hydrogen-bond donors (Lipinski definition) is 1. The molecule has 3 aromatic rings. The van der Waals surface area contributed by atoms with Crippen LogP contribution in [0.1, 0.15) is 11.3 Å². The van der Waals surface area contributed by atoms with Gasteiger partial charge in [-0.15, -0.1) is 0 Å². The first kappa shape index (κ1) is 12.7. The maximum absolute atomic E-state index is 13.4. The number of hydrogen-bond acceptors (Lipinski definition) is 2. The third kappa shape index (κ3) is 2.67. The number of benzene rings is 1. The fourth-order valence-electron chi connectivity index (χ4n) is 2.08. The zero-order chi connectivity index (χ0) is 13.9. The van der Waals surface area contributed by atoms with Gasteiger partial charge in [0.2, 0.25) is 0 Å². The van der Waals surface area contributed by atoms with Gasteiger partial charge in [0.05, 0.1) is 5.69 Å². The Morgan fingerprint density at radius 2 is 2.00 bits per heavy atom. The molecule has 0 saturated carbocycles. The number of fused-ring (bicyclic) bond motifs is 1. The predicted molar refractivity (Wildman–Crippen MR) is 72.1 cm³/mol. The van der Waals surface area contributed by atoms with Gasteiger partial charge in [0.25, 0.3) is 0 Å². The van der Waals surface area contributed by atoms with Crippen molar-refractivity contribution >= 4 is 5.65 Å². The minimum Gasteiger partial charge on any atom is -0.307 e. The molecule has 0 bridgehead atoms. The quantitative estimate of drug-likeness (QED) is 0.792. The smallest absolute Gasteiger partial charge is 0.137 e. The molecule has 0 atom stereocenters. The summed E-state index contributed by atoms with van der Waals surface area (Å²) in [6.07, 6.45) is 3.82. The van der Waals surface area contributed by atoms with Gasteiger partial charge >= 0.3 is 0 Å². The van der Waals surface area contributed by atoms with Crippen LogP contribution in [0.2, 0.25) is 0 Å². The molecule has 0 amide bonds. The minimum atomic E-state index is -0.434. The highest BCUT2D eigenvalue weighted by Crippen LogP contribution is 2.10. The van der Waals surface area contributed by atoms with Crippen LogP contribution in [0.25, 0.3) is 5.65 Å². The summed E-state index contributed by atoms with van der Waals surface area (Å²) in [5.41, 5.74) is 2.03. The molecule has 0 saturated heterocycles. The van der Waals surface area contributed by atoms with E-state index < -0.39 is 11.6 Å². The minimum absolute atomic E-state index is 0.261. The summed E-state index contributed by atoms with van der Waals surface area (Å²) in [6.45, 7) is 0.759. The van der Waals surface area contributed by atoms with E-state index in [0.717, 1.165) is 23.5 Å². The van der Waals surface area contributed by atoms with Crippen molar-refractivity contribution in [3.63, 3.8) is 0 Å². The molecule has 20 heavy (non-hydrogen) atoms. The average Bonchev–Trinajstić information content (AvgIpc) is 2.85. The molecule has 0 fully saturated rings. The van der Waals surface area contributed by atoms with E-state index in [2.05, 4.69) is 10.3 Å². The Hall–Kier alpha value is -2.27. The highest BCUT2D eigenvalue weighted by atomic mass is 19.1. The van der Waals surface area contributed by atoms with Crippen LogP contribution in [0, 0.1) is 11.6 Å². The lowest BCUT2D eigenvalue weighted by molar-refractivity contribution is 0.567. The molecule has 0 aliphatic carbocycles. The summed E-state index contributed by atoms with van der Waals surface area (Å²) in [6, 6.07) is 9.20. The van der Waals surface area contributed by atoms with Crippen molar-refractivity contribution in [2.24, 2.45) is 0 Å². The van der Waals surface area contributed by atoms with Crippen LogP contribution in [-0.2, 0) is 13.1 Å². The molecule has 0 aliphatic rings. The Balaban J connectivity index is 1.66. The van der Waals surface area contributed by atoms with Crippen LogP contribution >= 0.6 is 0 Å². The summed E-state index contributed by atoms with van der Waals surface area (Å²) in [5, 5.41) is 3.06. The fourth-order valence-corrected chi connectivity index (χ4v) is 2.08. The summed E-state index contributed by atoms with van der Waals surface area (Å²) >= 11 is 0. The topological polar surface area (TPSA) is 29.3 Å². The molecule has 0 unspecified atom stereocenters. The van der Waals surface area contributed by atoms with Crippen molar-refractivity contribution in [3.8, 4) is 0 Å². The average molecular weight is 273 g/mol. The Morgan fingerprint density at radius 1 is 1.10 bits per heavy atom. The van der Waals surface area contributed by atoms with Gasteiger partial charge in [0.1, 0.15) is 17.3 Å². The van der Waals surface area contributed by atoms with E-state index >= 15 is 0 Å². The molecule has 0 spiro atoms. The molecule has 5 heteroatoms. The second-order valence-electron chi connectivity index (χ2n) is 4.54. The van der Waals surface area contributed by atoms with Crippen LogP contribution in [0.15, 0.2) is 48.8 Å². The van der Waals surface area contributed by atoms with Crippen molar-refractivity contribution < 1.29 is 8.78 Å². The molecule has 3 nitrogen and oxygen atoms in total. The number of aromatic nitrogens is 2. The van der Waals surface area contributed by atoms with E-state index in [1.807, 2.05) is 35.0 Å². The van der Waals surface area contributed by atoms with Crippen LogP contribution in [0.3, 0.4) is 0 Å². The highest BCUT2D eigenvalue weighted by Gasteiger charge is 2.04. The molecular formula is C15H13F2N3. The first-order valence-electron chi connectivity index (χ1n) is 6.29. The van der Waals surface area contributed by atoms with Crippen LogP contribution < -0.4 is 5.32 Å². The van der Waals surface area contributed by atoms with E-state index in [1.54, 1.807) is 0 Å². The lowest BCUT2D eigenvalue weighted by atomic mass is 10.2. The Morgan fingerprint density at radius 3 is 2.85 bits per heavy atom. The number of rotatable bonds is 4. The zero-order valence-electron chi connectivity index (χ0n) is 10.7. The maximum atomic E-state index is 13.4. The second-order valence-corrected chi connectivity index (χ2v) is 4.54. The van der Waals surface area contributed by atoms with E-state index in [4.69, 9.17) is 0 Å². The van der Waals surface area contributed by atoms with Gasteiger partial charge in [0, 0.05) is 31.0 Å². The van der Waals surface area contributed by atoms with Crippen molar-refractivity contribution in [1.82, 2.24) is 14.7 Å². The molecule has 1 N–H and O–H groups in total. The summed E-state index contributed by atoms with van der Waals surface area (Å²) < 4.78 is 28.4. The van der Waals surface area contributed by atoms with Gasteiger partial charge < -0.3 is 9.72 Å². The van der Waals surface area contributed by atoms with Gasteiger partial charge in [-0.2, -0.15) is 0 Å². The fraction of sp³-hybridized carbons (Fsp3) is 0.133. The second kappa shape index (κ2) is 5.38. The number of nitrogens with one attached hydrogen (secondary N) is 1. The van der Waals surface area contributed by atoms with Gasteiger partial charge in [-0.25, -0.2) is 13.8 Å². The Bertz CT molecular complexity index is 704. The molecule has 2 aromatic heterocycles. The lowest BCUT2D eigenvalue weighted by Gasteiger charge is -2.04. The predicted octanol–water partition coefficient (Wildman–Crippen LogP) is 2.90.